The van der Waals surface area contributed by atoms with E-state index in [0.29, 0.717) is 5.75 Å². The Labute approximate surface area is 77.9 Å². The van der Waals surface area contributed by atoms with Crippen LogP contribution in [0.3, 0.4) is 0 Å². The molecular formula is C9H8N2OS. The summed E-state index contributed by atoms with van der Waals surface area (Å²) in [5.41, 5.74) is 2.05. The van der Waals surface area contributed by atoms with Crippen molar-refractivity contribution in [2.24, 2.45) is 0 Å². The van der Waals surface area contributed by atoms with Gasteiger partial charge in [-0.05, 0) is 12.1 Å². The first kappa shape index (κ1) is 7.26. The van der Waals surface area contributed by atoms with E-state index in [1.54, 1.807) is 0 Å². The Bertz CT molecular complexity index is 503. The first-order valence-corrected chi connectivity index (χ1v) is 5.52. The summed E-state index contributed by atoms with van der Waals surface area (Å²) in [5.74, 6) is 0.715. The predicted octanol–water partition coefficient (Wildman–Crippen LogP) is 1.16. The lowest BCUT2D eigenvalue weighted by atomic mass is 10.3. The number of aromatic nitrogens is 2. The average Bonchev–Trinajstić information content (AvgIpc) is 2.67. The number of rotatable bonds is 0. The maximum Gasteiger partial charge on any atom is 0.200 e. The van der Waals surface area contributed by atoms with Gasteiger partial charge in [0.1, 0.15) is 0 Å². The van der Waals surface area contributed by atoms with Crippen LogP contribution in [-0.4, -0.2) is 19.5 Å². The lowest BCUT2D eigenvalue weighted by molar-refractivity contribution is 0.681. The molecule has 0 fully saturated rings. The van der Waals surface area contributed by atoms with Crippen molar-refractivity contribution in [1.29, 1.82) is 0 Å². The number of hydrogen-bond acceptors (Lipinski definition) is 2. The van der Waals surface area contributed by atoms with Crippen molar-refractivity contribution in [3.8, 4) is 0 Å². The summed E-state index contributed by atoms with van der Waals surface area (Å²) >= 11 is 0. The zero-order chi connectivity index (χ0) is 8.84. The van der Waals surface area contributed by atoms with Crippen molar-refractivity contribution in [2.45, 2.75) is 11.7 Å². The van der Waals surface area contributed by atoms with Gasteiger partial charge in [0.25, 0.3) is 0 Å². The summed E-state index contributed by atoms with van der Waals surface area (Å²) in [6.45, 7) is 0.836. The second-order valence-corrected chi connectivity index (χ2v) is 4.55. The van der Waals surface area contributed by atoms with E-state index in [1.807, 2.05) is 28.8 Å². The fraction of sp³-hybridized carbons (Fsp3) is 0.222. The minimum Gasteiger partial charge on any atom is -0.316 e. The molecule has 4 heteroatoms. The van der Waals surface area contributed by atoms with Gasteiger partial charge < -0.3 is 4.57 Å². The molecule has 0 saturated carbocycles. The van der Waals surface area contributed by atoms with Gasteiger partial charge in [0.2, 0.25) is 0 Å². The molecule has 3 rings (SSSR count). The fourth-order valence-corrected chi connectivity index (χ4v) is 2.88. The minimum absolute atomic E-state index is 0.715. The van der Waals surface area contributed by atoms with Crippen molar-refractivity contribution < 1.29 is 4.21 Å². The normalized spacial score (nSPS) is 20.8. The van der Waals surface area contributed by atoms with Crippen molar-refractivity contribution >= 4 is 21.8 Å². The third-order valence-corrected chi connectivity index (χ3v) is 3.60. The molecule has 1 aromatic carbocycles. The van der Waals surface area contributed by atoms with Crippen LogP contribution >= 0.6 is 0 Å². The zero-order valence-corrected chi connectivity index (χ0v) is 7.75. The van der Waals surface area contributed by atoms with E-state index in [9.17, 15) is 4.21 Å². The van der Waals surface area contributed by atoms with E-state index >= 15 is 0 Å². The Balaban J connectivity index is 2.44. The highest BCUT2D eigenvalue weighted by Crippen LogP contribution is 2.22. The lowest BCUT2D eigenvalue weighted by Gasteiger charge is -1.94. The van der Waals surface area contributed by atoms with E-state index in [1.165, 1.54) is 0 Å². The highest BCUT2D eigenvalue weighted by molar-refractivity contribution is 7.85. The molecule has 2 heterocycles. The van der Waals surface area contributed by atoms with Crippen LogP contribution in [0.4, 0.5) is 0 Å². The Morgan fingerprint density at radius 2 is 2.23 bits per heavy atom. The molecule has 0 aliphatic carbocycles. The van der Waals surface area contributed by atoms with Crippen molar-refractivity contribution in [2.75, 3.05) is 5.75 Å². The van der Waals surface area contributed by atoms with E-state index < -0.39 is 10.8 Å². The first-order valence-electron chi connectivity index (χ1n) is 4.20. The number of benzene rings is 1. The van der Waals surface area contributed by atoms with Crippen LogP contribution in [0.25, 0.3) is 11.0 Å². The Morgan fingerprint density at radius 3 is 3.15 bits per heavy atom. The molecule has 0 N–H and O–H groups in total. The van der Waals surface area contributed by atoms with Gasteiger partial charge in [-0.25, -0.2) is 4.98 Å². The zero-order valence-electron chi connectivity index (χ0n) is 6.93. The molecule has 1 aliphatic heterocycles. The summed E-state index contributed by atoms with van der Waals surface area (Å²) in [5, 5.41) is 0.737. The number of nitrogens with zero attached hydrogens (tertiary/aromatic N) is 2. The maximum atomic E-state index is 11.5. The highest BCUT2D eigenvalue weighted by atomic mass is 32.2. The predicted molar refractivity (Wildman–Crippen MR) is 51.0 cm³/mol. The summed E-state index contributed by atoms with van der Waals surface area (Å²) in [6.07, 6.45) is 0. The van der Waals surface area contributed by atoms with Gasteiger partial charge in [-0.2, -0.15) is 0 Å². The average molecular weight is 192 g/mol. The van der Waals surface area contributed by atoms with E-state index in [4.69, 9.17) is 0 Å². The summed E-state index contributed by atoms with van der Waals surface area (Å²) < 4.78 is 13.5. The molecule has 0 radical (unpaired) electrons. The second kappa shape index (κ2) is 2.42. The number of fused-ring (bicyclic) bond motifs is 3. The second-order valence-electron chi connectivity index (χ2n) is 3.08. The third kappa shape index (κ3) is 0.891. The number of aryl methyl sites for hydroxylation is 1. The maximum absolute atomic E-state index is 11.5. The largest absolute Gasteiger partial charge is 0.316 e. The number of para-hydroxylation sites is 2. The molecule has 0 spiro atoms. The Morgan fingerprint density at radius 1 is 1.38 bits per heavy atom. The Kier molecular flexibility index (Phi) is 1.35. The summed E-state index contributed by atoms with van der Waals surface area (Å²) in [7, 11) is -0.879. The highest BCUT2D eigenvalue weighted by Gasteiger charge is 2.21. The van der Waals surface area contributed by atoms with Gasteiger partial charge in [-0.15, -0.1) is 0 Å². The monoisotopic (exact) mass is 192 g/mol. The van der Waals surface area contributed by atoms with Crippen molar-refractivity contribution in [3.05, 3.63) is 24.3 Å². The molecule has 2 aromatic rings. The van der Waals surface area contributed by atoms with Crippen molar-refractivity contribution in [3.63, 3.8) is 0 Å². The van der Waals surface area contributed by atoms with Crippen LogP contribution in [0.2, 0.25) is 0 Å². The van der Waals surface area contributed by atoms with E-state index in [2.05, 4.69) is 4.98 Å². The first-order chi connectivity index (χ1) is 6.36. The molecule has 1 unspecified atom stereocenters. The summed E-state index contributed by atoms with van der Waals surface area (Å²) in [4.78, 5) is 4.34. The van der Waals surface area contributed by atoms with Crippen molar-refractivity contribution in [1.82, 2.24) is 9.55 Å². The molecular weight excluding hydrogens is 184 g/mol. The quantitative estimate of drug-likeness (QED) is 0.627. The van der Waals surface area contributed by atoms with Gasteiger partial charge in [-0.3, -0.25) is 4.21 Å². The number of hydrogen-bond donors (Lipinski definition) is 0. The van der Waals surface area contributed by atoms with Crippen LogP contribution in [0.1, 0.15) is 0 Å². The van der Waals surface area contributed by atoms with Crippen LogP contribution in [0, 0.1) is 0 Å². The van der Waals surface area contributed by atoms with Gasteiger partial charge >= 0.3 is 0 Å². The molecule has 0 amide bonds. The molecule has 1 aromatic heterocycles. The van der Waals surface area contributed by atoms with Crippen LogP contribution in [0.5, 0.6) is 0 Å². The molecule has 0 saturated heterocycles. The topological polar surface area (TPSA) is 34.9 Å². The van der Waals surface area contributed by atoms with Crippen LogP contribution in [0.15, 0.2) is 29.4 Å². The molecule has 1 atom stereocenters. The molecule has 13 heavy (non-hydrogen) atoms. The third-order valence-electron chi connectivity index (χ3n) is 2.32. The molecule has 1 aliphatic rings. The SMILES string of the molecule is O=S1CCn2c1nc1ccccc12. The van der Waals surface area contributed by atoms with Gasteiger partial charge in [0.05, 0.1) is 21.8 Å². The number of imidazole rings is 1. The van der Waals surface area contributed by atoms with Crippen LogP contribution < -0.4 is 0 Å². The van der Waals surface area contributed by atoms with E-state index in [-0.39, 0.29) is 0 Å². The standard InChI is InChI=1S/C9H8N2OS/c12-13-6-5-11-8-4-2-1-3-7(8)10-9(11)13/h1-4H,5-6H2. The lowest BCUT2D eigenvalue weighted by Crippen LogP contribution is -1.91. The van der Waals surface area contributed by atoms with Gasteiger partial charge in [0, 0.05) is 12.3 Å². The van der Waals surface area contributed by atoms with Gasteiger partial charge in [0.15, 0.2) is 5.16 Å². The minimum atomic E-state index is -0.879. The van der Waals surface area contributed by atoms with Crippen LogP contribution in [-0.2, 0) is 17.3 Å². The van der Waals surface area contributed by atoms with Gasteiger partial charge in [-0.1, -0.05) is 12.1 Å². The fourth-order valence-electron chi connectivity index (χ4n) is 1.71. The molecule has 3 nitrogen and oxygen atoms in total. The Hall–Kier alpha value is -1.16. The van der Waals surface area contributed by atoms with E-state index in [0.717, 1.165) is 22.7 Å². The molecule has 0 bridgehead atoms. The summed E-state index contributed by atoms with van der Waals surface area (Å²) in [6, 6.07) is 7.92. The molecule has 66 valence electrons. The smallest absolute Gasteiger partial charge is 0.200 e.